The molecule has 2 N–H and O–H groups in total. The van der Waals surface area contributed by atoms with Crippen LogP contribution in [0.15, 0.2) is 24.3 Å². The lowest BCUT2D eigenvalue weighted by atomic mass is 10.0. The number of anilines is 1. The number of likely N-dealkylation sites (tertiary alicyclic amines) is 2. The summed E-state index contributed by atoms with van der Waals surface area (Å²) in [4.78, 5) is 58.5. The first kappa shape index (κ1) is 26.6. The monoisotopic (exact) mass is 525 g/mol. The van der Waals surface area contributed by atoms with Gasteiger partial charge in [0.15, 0.2) is 5.78 Å². The Balaban J connectivity index is 1.26. The van der Waals surface area contributed by atoms with Crippen molar-refractivity contribution in [3.63, 3.8) is 0 Å². The van der Waals surface area contributed by atoms with Crippen LogP contribution in [0.3, 0.4) is 0 Å². The van der Waals surface area contributed by atoms with E-state index in [1.165, 1.54) is 0 Å². The summed E-state index contributed by atoms with van der Waals surface area (Å²) in [7, 11) is 0. The lowest BCUT2D eigenvalue weighted by Crippen LogP contribution is -2.53. The zero-order valence-electron chi connectivity index (χ0n) is 22.4. The molecular formula is C28H39N5O5. The van der Waals surface area contributed by atoms with E-state index in [1.54, 1.807) is 21.9 Å². The Hall–Kier alpha value is -2.98. The fourth-order valence-electron chi connectivity index (χ4n) is 6.23. The number of morpholine rings is 1. The van der Waals surface area contributed by atoms with Crippen LogP contribution >= 0.6 is 0 Å². The summed E-state index contributed by atoms with van der Waals surface area (Å²) in [5, 5.41) is 6.17. The van der Waals surface area contributed by atoms with Gasteiger partial charge in [-0.3, -0.25) is 19.2 Å². The maximum Gasteiger partial charge on any atom is 0.251 e. The van der Waals surface area contributed by atoms with Crippen LogP contribution in [-0.2, 0) is 19.1 Å². The number of nitrogens with zero attached hydrogens (tertiary/aromatic N) is 3. The second kappa shape index (κ2) is 11.4. The van der Waals surface area contributed by atoms with Crippen molar-refractivity contribution >= 4 is 29.2 Å². The molecule has 0 saturated carbocycles. The molecule has 4 atom stereocenters. The predicted molar refractivity (Wildman–Crippen MR) is 142 cm³/mol. The normalized spacial score (nSPS) is 26.1. The minimum Gasteiger partial charge on any atom is -0.378 e. The van der Waals surface area contributed by atoms with Gasteiger partial charge in [0, 0.05) is 30.9 Å². The average molecular weight is 526 g/mol. The molecule has 1 aromatic rings. The molecule has 10 heteroatoms. The van der Waals surface area contributed by atoms with Gasteiger partial charge in [-0.15, -0.1) is 0 Å². The first-order chi connectivity index (χ1) is 18.3. The Morgan fingerprint density at radius 3 is 2.45 bits per heavy atom. The van der Waals surface area contributed by atoms with E-state index in [9.17, 15) is 19.2 Å². The van der Waals surface area contributed by atoms with Gasteiger partial charge in [-0.05, 0) is 62.4 Å². The summed E-state index contributed by atoms with van der Waals surface area (Å²) in [6.07, 6.45) is 2.77. The van der Waals surface area contributed by atoms with Crippen LogP contribution in [0.2, 0.25) is 0 Å². The maximum absolute atomic E-state index is 13.8. The molecule has 0 aromatic heterocycles. The smallest absolute Gasteiger partial charge is 0.251 e. The predicted octanol–water partition coefficient (Wildman–Crippen LogP) is 0.801. The lowest BCUT2D eigenvalue weighted by molar-refractivity contribution is -0.138. The number of fused-ring (bicyclic) bond motifs is 1. The third-order valence-electron chi connectivity index (χ3n) is 8.16. The molecule has 0 radical (unpaired) electrons. The third-order valence-corrected chi connectivity index (χ3v) is 8.16. The van der Waals surface area contributed by atoms with Gasteiger partial charge in [0.05, 0.1) is 31.8 Å². The Kier molecular flexibility index (Phi) is 7.99. The van der Waals surface area contributed by atoms with Crippen LogP contribution in [-0.4, -0.2) is 103 Å². The number of carbonyl (C=O) groups excluding carboxylic acids is 4. The minimum absolute atomic E-state index is 0.0368. The molecule has 3 amide bonds. The number of carbonyl (C=O) groups is 4. The van der Waals surface area contributed by atoms with Gasteiger partial charge in [-0.1, -0.05) is 13.8 Å². The fraction of sp³-hybridized carbons (Fsp3) is 0.643. The average Bonchev–Trinajstić information content (AvgIpc) is 3.67. The number of ether oxygens (including phenoxy) is 1. The molecule has 4 saturated heterocycles. The van der Waals surface area contributed by atoms with E-state index >= 15 is 0 Å². The number of hydrogen-bond donors (Lipinski definition) is 2. The second-order valence-corrected chi connectivity index (χ2v) is 11.2. The van der Waals surface area contributed by atoms with Crippen molar-refractivity contribution in [1.82, 2.24) is 20.4 Å². The molecule has 4 unspecified atom stereocenters. The van der Waals surface area contributed by atoms with E-state index in [0.717, 1.165) is 38.2 Å². The molecule has 38 heavy (non-hydrogen) atoms. The van der Waals surface area contributed by atoms with Crippen molar-refractivity contribution in [3.8, 4) is 0 Å². The number of ketones is 1. The number of rotatable bonds is 7. The first-order valence-electron chi connectivity index (χ1n) is 13.9. The largest absolute Gasteiger partial charge is 0.378 e. The molecule has 10 nitrogen and oxygen atoms in total. The highest BCUT2D eigenvalue weighted by Gasteiger charge is 2.53. The Morgan fingerprint density at radius 1 is 1.05 bits per heavy atom. The quantitative estimate of drug-likeness (QED) is 0.542. The molecule has 0 bridgehead atoms. The standard InChI is InChI=1S/C28H39N5O5/c1-18(2)16-22(30-26(35)19-5-7-20(8-6-19)31-12-14-38-15-13-31)28(37)32-11-9-23-25(32)24(34)17-33(23)27(36)21-4-3-10-29-21/h5-8,18,21-23,25,29H,3-4,9-17H2,1-2H3,(H,30,35). The Bertz CT molecular complexity index is 1050. The molecule has 4 aliphatic heterocycles. The van der Waals surface area contributed by atoms with Crippen molar-refractivity contribution in [1.29, 1.82) is 0 Å². The number of hydrogen-bond acceptors (Lipinski definition) is 7. The van der Waals surface area contributed by atoms with Crippen molar-refractivity contribution in [2.75, 3.05) is 50.8 Å². The summed E-state index contributed by atoms with van der Waals surface area (Å²) >= 11 is 0. The Labute approximate surface area is 224 Å². The lowest BCUT2D eigenvalue weighted by Gasteiger charge is -2.30. The molecule has 4 aliphatic rings. The summed E-state index contributed by atoms with van der Waals surface area (Å²) in [6, 6.07) is 5.51. The van der Waals surface area contributed by atoms with Gasteiger partial charge < -0.3 is 30.1 Å². The van der Waals surface area contributed by atoms with Crippen LogP contribution in [0.4, 0.5) is 5.69 Å². The van der Waals surface area contributed by atoms with Crippen molar-refractivity contribution in [2.45, 2.75) is 63.7 Å². The molecule has 0 spiro atoms. The third kappa shape index (κ3) is 5.42. The molecule has 4 heterocycles. The molecule has 0 aliphatic carbocycles. The summed E-state index contributed by atoms with van der Waals surface area (Å²) in [5.74, 6) is -0.524. The maximum atomic E-state index is 13.8. The van der Waals surface area contributed by atoms with Gasteiger partial charge in [0.1, 0.15) is 12.1 Å². The SMILES string of the molecule is CC(C)CC(NC(=O)c1ccc(N2CCOCC2)cc1)C(=O)N1CCC2C1C(=O)CN2C(=O)C1CCCN1. The molecule has 206 valence electrons. The van der Waals surface area contributed by atoms with Crippen LogP contribution in [0.5, 0.6) is 0 Å². The summed E-state index contributed by atoms with van der Waals surface area (Å²) in [6.45, 7) is 8.27. The minimum atomic E-state index is -0.741. The zero-order chi connectivity index (χ0) is 26.8. The Morgan fingerprint density at radius 2 is 1.79 bits per heavy atom. The van der Waals surface area contributed by atoms with Crippen LogP contribution in [0.1, 0.15) is 49.9 Å². The number of Topliss-reactive ketones (excluding diaryl/α,β-unsaturated/α-hetero) is 1. The van der Waals surface area contributed by atoms with Gasteiger partial charge in [-0.2, -0.15) is 0 Å². The highest BCUT2D eigenvalue weighted by atomic mass is 16.5. The highest BCUT2D eigenvalue weighted by molar-refractivity contribution is 6.01. The first-order valence-corrected chi connectivity index (χ1v) is 13.9. The van der Waals surface area contributed by atoms with Crippen LogP contribution < -0.4 is 15.5 Å². The van der Waals surface area contributed by atoms with Gasteiger partial charge in [0.25, 0.3) is 5.91 Å². The number of amides is 3. The van der Waals surface area contributed by atoms with Gasteiger partial charge in [-0.25, -0.2) is 0 Å². The van der Waals surface area contributed by atoms with Crippen LogP contribution in [0, 0.1) is 5.92 Å². The van der Waals surface area contributed by atoms with E-state index in [1.807, 2.05) is 26.0 Å². The van der Waals surface area contributed by atoms with E-state index in [-0.39, 0.29) is 48.1 Å². The number of nitrogens with one attached hydrogen (secondary N) is 2. The summed E-state index contributed by atoms with van der Waals surface area (Å²) in [5.41, 5.74) is 1.52. The molecule has 5 rings (SSSR count). The van der Waals surface area contributed by atoms with Gasteiger partial charge >= 0.3 is 0 Å². The van der Waals surface area contributed by atoms with E-state index < -0.39 is 12.1 Å². The number of benzene rings is 1. The topological polar surface area (TPSA) is 111 Å². The molecule has 1 aromatic carbocycles. The fourth-order valence-corrected chi connectivity index (χ4v) is 6.23. The second-order valence-electron chi connectivity index (χ2n) is 11.2. The van der Waals surface area contributed by atoms with E-state index in [2.05, 4.69) is 15.5 Å². The molecular weight excluding hydrogens is 486 g/mol. The van der Waals surface area contributed by atoms with Crippen molar-refractivity contribution in [2.24, 2.45) is 5.92 Å². The van der Waals surface area contributed by atoms with Crippen molar-refractivity contribution < 1.29 is 23.9 Å². The summed E-state index contributed by atoms with van der Waals surface area (Å²) < 4.78 is 5.41. The molecule has 4 fully saturated rings. The van der Waals surface area contributed by atoms with E-state index in [0.29, 0.717) is 38.2 Å². The van der Waals surface area contributed by atoms with Crippen LogP contribution in [0.25, 0.3) is 0 Å². The van der Waals surface area contributed by atoms with Gasteiger partial charge in [0.2, 0.25) is 11.8 Å². The highest BCUT2D eigenvalue weighted by Crippen LogP contribution is 2.32. The zero-order valence-corrected chi connectivity index (χ0v) is 22.4. The van der Waals surface area contributed by atoms with Crippen molar-refractivity contribution in [3.05, 3.63) is 29.8 Å². The van der Waals surface area contributed by atoms with E-state index in [4.69, 9.17) is 4.74 Å².